The highest BCUT2D eigenvalue weighted by molar-refractivity contribution is 8.24. The van der Waals surface area contributed by atoms with Gasteiger partial charge in [0.25, 0.3) is 0 Å². The second-order valence-electron chi connectivity index (χ2n) is 4.05. The number of hydrogen-bond donors (Lipinski definition) is 2. The molecule has 3 nitrogen and oxygen atoms in total. The second kappa shape index (κ2) is 4.79. The van der Waals surface area contributed by atoms with Crippen LogP contribution in [-0.4, -0.2) is 31.9 Å². The van der Waals surface area contributed by atoms with Crippen LogP contribution in [0, 0.1) is 0 Å². The summed E-state index contributed by atoms with van der Waals surface area (Å²) in [6.07, 6.45) is 2.18. The van der Waals surface area contributed by atoms with Crippen molar-refractivity contribution in [2.24, 2.45) is 0 Å². The molecule has 82 valence electrons. The Hall–Kier alpha value is 0.160. The molecule has 14 heavy (non-hydrogen) atoms. The summed E-state index contributed by atoms with van der Waals surface area (Å²) >= 11 is 6.93. The lowest BCUT2D eigenvalue weighted by atomic mass is 10.1. The van der Waals surface area contributed by atoms with Crippen molar-refractivity contribution < 1.29 is 5.21 Å². The topological polar surface area (TPSA) is 35.5 Å². The van der Waals surface area contributed by atoms with E-state index in [1.54, 1.807) is 11.8 Å². The largest absolute Gasteiger partial charge is 0.339 e. The fourth-order valence-electron chi connectivity index (χ4n) is 1.59. The Balaban J connectivity index is 2.68. The number of unbranched alkanes of at least 4 members (excludes halogenated alkanes) is 1. The third kappa shape index (κ3) is 2.39. The molecule has 0 aromatic heterocycles. The molecule has 1 rings (SSSR count). The molecule has 1 saturated heterocycles. The fourth-order valence-corrected chi connectivity index (χ4v) is 3.49. The molecule has 0 spiro atoms. The minimum absolute atomic E-state index is 0.0560. The van der Waals surface area contributed by atoms with Crippen molar-refractivity contribution >= 4 is 28.3 Å². The highest BCUT2D eigenvalue weighted by Crippen LogP contribution is 2.39. The maximum Gasteiger partial charge on any atom is 0.138 e. The van der Waals surface area contributed by atoms with E-state index >= 15 is 0 Å². The summed E-state index contributed by atoms with van der Waals surface area (Å²) in [6.45, 7) is 7.25. The summed E-state index contributed by atoms with van der Waals surface area (Å²) in [7, 11) is 0. The average molecular weight is 234 g/mol. The number of nitrogens with zero attached hydrogens (tertiary/aromatic N) is 1. The van der Waals surface area contributed by atoms with Gasteiger partial charge in [0.1, 0.15) is 10.5 Å². The van der Waals surface area contributed by atoms with E-state index in [1.165, 1.54) is 0 Å². The van der Waals surface area contributed by atoms with Crippen LogP contribution >= 0.6 is 24.0 Å². The molecule has 1 aliphatic rings. The lowest BCUT2D eigenvalue weighted by molar-refractivity contribution is 0.0565. The van der Waals surface area contributed by atoms with Gasteiger partial charge in [-0.3, -0.25) is 0 Å². The van der Waals surface area contributed by atoms with E-state index in [0.29, 0.717) is 0 Å². The van der Waals surface area contributed by atoms with Crippen molar-refractivity contribution in [3.05, 3.63) is 0 Å². The van der Waals surface area contributed by atoms with Gasteiger partial charge in [0.2, 0.25) is 0 Å². The normalized spacial score (nSPS) is 25.9. The lowest BCUT2D eigenvalue weighted by Crippen LogP contribution is -2.50. The molecule has 0 aromatic rings. The SMILES string of the molecule is CCCCN1C(=S)SC(C)(C)[C@H]1NO. The zero-order valence-electron chi connectivity index (χ0n) is 8.91. The first-order chi connectivity index (χ1) is 6.53. The first-order valence-corrected chi connectivity index (χ1v) is 6.14. The van der Waals surface area contributed by atoms with Crippen LogP contribution in [0.15, 0.2) is 0 Å². The van der Waals surface area contributed by atoms with Gasteiger partial charge in [-0.25, -0.2) is 0 Å². The summed E-state index contributed by atoms with van der Waals surface area (Å²) < 4.78 is 0.828. The molecule has 0 saturated carbocycles. The Kier molecular flexibility index (Phi) is 4.18. The number of rotatable bonds is 4. The zero-order valence-corrected chi connectivity index (χ0v) is 10.5. The van der Waals surface area contributed by atoms with Crippen molar-refractivity contribution in [3.8, 4) is 0 Å². The first kappa shape index (κ1) is 12.2. The third-order valence-electron chi connectivity index (χ3n) is 2.43. The molecule has 1 aliphatic heterocycles. The second-order valence-corrected chi connectivity index (χ2v) is 6.34. The van der Waals surface area contributed by atoms with Crippen molar-refractivity contribution in [3.63, 3.8) is 0 Å². The van der Waals surface area contributed by atoms with E-state index in [-0.39, 0.29) is 10.9 Å². The molecule has 0 aliphatic carbocycles. The van der Waals surface area contributed by atoms with Crippen LogP contribution < -0.4 is 5.48 Å². The molecular formula is C9H18N2OS2. The molecule has 0 amide bonds. The van der Waals surface area contributed by atoms with Crippen LogP contribution in [0.1, 0.15) is 33.6 Å². The van der Waals surface area contributed by atoms with Gasteiger partial charge in [-0.2, -0.15) is 5.48 Å². The van der Waals surface area contributed by atoms with Crippen molar-refractivity contribution in [2.75, 3.05) is 6.54 Å². The summed E-state index contributed by atoms with van der Waals surface area (Å²) in [5.74, 6) is 0. The van der Waals surface area contributed by atoms with Crippen molar-refractivity contribution in [2.45, 2.75) is 44.5 Å². The molecule has 0 aromatic carbocycles. The lowest BCUT2D eigenvalue weighted by Gasteiger charge is -2.30. The van der Waals surface area contributed by atoms with E-state index < -0.39 is 0 Å². The van der Waals surface area contributed by atoms with E-state index in [1.807, 2.05) is 0 Å². The summed E-state index contributed by atoms with van der Waals surface area (Å²) in [4.78, 5) is 2.07. The van der Waals surface area contributed by atoms with E-state index in [9.17, 15) is 0 Å². The van der Waals surface area contributed by atoms with Gasteiger partial charge in [-0.15, -0.1) is 0 Å². The average Bonchev–Trinajstić information content (AvgIpc) is 2.31. The Bertz CT molecular complexity index is 221. The minimum atomic E-state index is -0.0634. The van der Waals surface area contributed by atoms with Gasteiger partial charge >= 0.3 is 0 Å². The Morgan fingerprint density at radius 1 is 1.64 bits per heavy atom. The number of thiocarbonyl (C=S) groups is 1. The Labute approximate surface area is 95.2 Å². The van der Waals surface area contributed by atoms with E-state index in [4.69, 9.17) is 17.4 Å². The van der Waals surface area contributed by atoms with Crippen LogP contribution in [-0.2, 0) is 0 Å². The molecule has 5 heteroatoms. The summed E-state index contributed by atoms with van der Waals surface area (Å²) in [6, 6.07) is 0. The van der Waals surface area contributed by atoms with Crippen LogP contribution in [0.2, 0.25) is 0 Å². The summed E-state index contributed by atoms with van der Waals surface area (Å²) in [5.41, 5.74) is 2.36. The van der Waals surface area contributed by atoms with Crippen LogP contribution in [0.3, 0.4) is 0 Å². The van der Waals surface area contributed by atoms with E-state index in [0.717, 1.165) is 23.7 Å². The number of thioether (sulfide) groups is 1. The molecule has 0 radical (unpaired) electrons. The third-order valence-corrected chi connectivity index (χ3v) is 4.07. The Morgan fingerprint density at radius 2 is 2.29 bits per heavy atom. The maximum atomic E-state index is 9.12. The number of hydroxylamine groups is 1. The monoisotopic (exact) mass is 234 g/mol. The molecule has 0 bridgehead atoms. The van der Waals surface area contributed by atoms with Crippen LogP contribution in [0.5, 0.6) is 0 Å². The molecular weight excluding hydrogens is 216 g/mol. The van der Waals surface area contributed by atoms with Gasteiger partial charge < -0.3 is 10.1 Å². The van der Waals surface area contributed by atoms with Crippen molar-refractivity contribution in [1.82, 2.24) is 10.4 Å². The zero-order chi connectivity index (χ0) is 10.8. The molecule has 1 fully saturated rings. The maximum absolute atomic E-state index is 9.12. The number of hydrogen-bond acceptors (Lipinski definition) is 4. The predicted octanol–water partition coefficient (Wildman–Crippen LogP) is 2.20. The molecule has 2 N–H and O–H groups in total. The highest BCUT2D eigenvalue weighted by atomic mass is 32.2. The molecule has 0 unspecified atom stereocenters. The van der Waals surface area contributed by atoms with Crippen molar-refractivity contribution in [1.29, 1.82) is 0 Å². The van der Waals surface area contributed by atoms with Gasteiger partial charge in [-0.1, -0.05) is 37.3 Å². The minimum Gasteiger partial charge on any atom is -0.339 e. The highest BCUT2D eigenvalue weighted by Gasteiger charge is 2.43. The van der Waals surface area contributed by atoms with E-state index in [2.05, 4.69) is 31.2 Å². The summed E-state index contributed by atoms with van der Waals surface area (Å²) in [5, 5.41) is 9.12. The predicted molar refractivity (Wildman–Crippen MR) is 64.6 cm³/mol. The van der Waals surface area contributed by atoms with Crippen LogP contribution in [0.4, 0.5) is 0 Å². The van der Waals surface area contributed by atoms with Gasteiger partial charge in [0.05, 0.1) is 4.75 Å². The fraction of sp³-hybridized carbons (Fsp3) is 0.889. The van der Waals surface area contributed by atoms with Gasteiger partial charge in [-0.05, 0) is 20.3 Å². The number of nitrogens with one attached hydrogen (secondary N) is 1. The molecule has 1 atom stereocenters. The smallest absolute Gasteiger partial charge is 0.138 e. The quantitative estimate of drug-likeness (QED) is 0.576. The first-order valence-electron chi connectivity index (χ1n) is 4.92. The molecule has 1 heterocycles. The van der Waals surface area contributed by atoms with Crippen LogP contribution in [0.25, 0.3) is 0 Å². The standard InChI is InChI=1S/C9H18N2OS2/c1-4-5-6-11-7(10-12)9(2,3)14-8(11)13/h7,10,12H,4-6H2,1-3H3/t7-/m0/s1. The Morgan fingerprint density at radius 3 is 2.79 bits per heavy atom. The van der Waals surface area contributed by atoms with Gasteiger partial charge in [0.15, 0.2) is 0 Å². The van der Waals surface area contributed by atoms with Gasteiger partial charge in [0, 0.05) is 6.54 Å².